The molecular weight excluding hydrogens is 308 g/mol. The maximum atomic E-state index is 3.08. The van der Waals surface area contributed by atoms with Gasteiger partial charge in [0.05, 0.1) is 0 Å². The van der Waals surface area contributed by atoms with Crippen molar-refractivity contribution in [2.75, 3.05) is 6.26 Å². The molecule has 0 atom stereocenters. The van der Waals surface area contributed by atoms with E-state index in [4.69, 9.17) is 0 Å². The van der Waals surface area contributed by atoms with Crippen LogP contribution in [0, 0.1) is 6.07 Å². The van der Waals surface area contributed by atoms with Crippen LogP contribution in [0.15, 0.2) is 29.2 Å². The molecule has 0 bridgehead atoms. The second-order valence-corrected chi connectivity index (χ2v) is 2.28. The first-order valence-electron chi connectivity index (χ1n) is 2.44. The van der Waals surface area contributed by atoms with Crippen molar-refractivity contribution in [2.45, 2.75) is 4.90 Å². The molecule has 1 aromatic carbocycles. The van der Waals surface area contributed by atoms with Gasteiger partial charge in [-0.05, 0) is 6.26 Å². The molecule has 0 aliphatic rings. The summed E-state index contributed by atoms with van der Waals surface area (Å²) in [7, 11) is 0. The van der Waals surface area contributed by atoms with Crippen molar-refractivity contribution in [1.82, 2.24) is 0 Å². The van der Waals surface area contributed by atoms with Crippen molar-refractivity contribution in [3.05, 3.63) is 30.3 Å². The summed E-state index contributed by atoms with van der Waals surface area (Å²) in [6.07, 6.45) is 2.05. The molecule has 0 aliphatic heterocycles. The van der Waals surface area contributed by atoms with E-state index in [2.05, 4.69) is 6.07 Å². The normalized spacial score (nSPS) is 7.30. The molecule has 0 fully saturated rings. The van der Waals surface area contributed by atoms with E-state index in [0.717, 1.165) is 0 Å². The minimum absolute atomic E-state index is 0. The van der Waals surface area contributed by atoms with Crippen LogP contribution in [-0.2, 0) is 19.5 Å². The van der Waals surface area contributed by atoms with Crippen LogP contribution in [0.2, 0.25) is 0 Å². The topological polar surface area (TPSA) is 0 Å². The standard InChI is InChI=1S/C7H7S.HI.Zn/c1-8-7-5-3-2-4-6-7;;/h2-5H,1H3;1H;/q-1;;. The third kappa shape index (κ3) is 4.70. The molecule has 0 N–H and O–H groups in total. The molecule has 0 saturated carbocycles. The van der Waals surface area contributed by atoms with E-state index >= 15 is 0 Å². The van der Waals surface area contributed by atoms with Crippen LogP contribution in [0.4, 0.5) is 0 Å². The largest absolute Gasteiger partial charge is 0.176 e. The molecule has 1 aromatic rings. The molecule has 0 aliphatic carbocycles. The number of hydrogen-bond donors (Lipinski definition) is 0. The molecule has 0 nitrogen and oxygen atoms in total. The number of halogens is 1. The van der Waals surface area contributed by atoms with Crippen LogP contribution in [0.25, 0.3) is 0 Å². The van der Waals surface area contributed by atoms with E-state index in [-0.39, 0.29) is 43.5 Å². The van der Waals surface area contributed by atoms with E-state index in [1.54, 1.807) is 11.8 Å². The second-order valence-electron chi connectivity index (χ2n) is 1.43. The first-order valence-corrected chi connectivity index (χ1v) is 3.66. The van der Waals surface area contributed by atoms with Gasteiger partial charge in [0, 0.05) is 19.5 Å². The zero-order valence-corrected chi connectivity index (χ0v) is 11.9. The van der Waals surface area contributed by atoms with Gasteiger partial charge in [0.15, 0.2) is 0 Å². The van der Waals surface area contributed by atoms with Crippen molar-refractivity contribution in [2.24, 2.45) is 0 Å². The smallest absolute Gasteiger partial charge is 0 e. The van der Waals surface area contributed by atoms with E-state index in [1.807, 2.05) is 30.5 Å². The Kier molecular flexibility index (Phi) is 10.8. The first-order chi connectivity index (χ1) is 3.93. The quantitative estimate of drug-likeness (QED) is 0.332. The predicted octanol–water partition coefficient (Wildman–Crippen LogP) is 2.82. The van der Waals surface area contributed by atoms with Crippen molar-refractivity contribution >= 4 is 35.7 Å². The third-order valence-corrected chi connectivity index (χ3v) is 1.59. The van der Waals surface area contributed by atoms with Gasteiger partial charge in [-0.2, -0.15) is 42.1 Å². The summed E-state index contributed by atoms with van der Waals surface area (Å²) in [6.45, 7) is 0. The van der Waals surface area contributed by atoms with Crippen LogP contribution in [0.5, 0.6) is 0 Å². The minimum Gasteiger partial charge on any atom is -0.176 e. The van der Waals surface area contributed by atoms with Gasteiger partial charge in [-0.25, -0.2) is 0 Å². The number of thioether (sulfide) groups is 1. The zero-order valence-electron chi connectivity index (χ0n) is 5.83. The van der Waals surface area contributed by atoms with Crippen LogP contribution in [0.3, 0.4) is 0 Å². The van der Waals surface area contributed by atoms with Gasteiger partial charge in [0.25, 0.3) is 0 Å². The van der Waals surface area contributed by atoms with Crippen LogP contribution in [-0.4, -0.2) is 6.26 Å². The molecular formula is C7H8ISZn-. The summed E-state index contributed by atoms with van der Waals surface area (Å²) in [4.78, 5) is 1.20. The summed E-state index contributed by atoms with van der Waals surface area (Å²) in [5, 5.41) is 0. The molecule has 0 heterocycles. The van der Waals surface area contributed by atoms with Gasteiger partial charge in [-0.1, -0.05) is 0 Å². The summed E-state index contributed by atoms with van der Waals surface area (Å²) >= 11 is 1.71. The molecule has 1 rings (SSSR count). The Bertz CT molecular complexity index is 155. The monoisotopic (exact) mass is 315 g/mol. The number of benzene rings is 1. The molecule has 0 saturated heterocycles. The number of rotatable bonds is 1. The van der Waals surface area contributed by atoms with Crippen LogP contribution < -0.4 is 0 Å². The predicted molar refractivity (Wildman–Crippen MR) is 52.5 cm³/mol. The average molecular weight is 317 g/mol. The van der Waals surface area contributed by atoms with E-state index < -0.39 is 0 Å². The van der Waals surface area contributed by atoms with Crippen molar-refractivity contribution in [3.63, 3.8) is 0 Å². The first kappa shape index (κ1) is 13.5. The Morgan fingerprint density at radius 3 is 2.40 bits per heavy atom. The maximum Gasteiger partial charge on any atom is 0 e. The molecule has 0 unspecified atom stereocenters. The number of hydrogen-bond acceptors (Lipinski definition) is 1. The van der Waals surface area contributed by atoms with Gasteiger partial charge in [0.1, 0.15) is 0 Å². The average Bonchev–Trinajstić information content (AvgIpc) is 1.90. The minimum atomic E-state index is 0. The fourth-order valence-corrected chi connectivity index (χ4v) is 0.904. The molecule has 0 amide bonds. The van der Waals surface area contributed by atoms with E-state index in [1.165, 1.54) is 4.90 Å². The van der Waals surface area contributed by atoms with E-state index in [9.17, 15) is 0 Å². The summed E-state index contributed by atoms with van der Waals surface area (Å²) in [6, 6.07) is 11.0. The Labute approximate surface area is 95.9 Å². The molecule has 0 aromatic heterocycles. The summed E-state index contributed by atoms with van der Waals surface area (Å²) < 4.78 is 0. The van der Waals surface area contributed by atoms with E-state index in [0.29, 0.717) is 0 Å². The fourth-order valence-electron chi connectivity index (χ4n) is 0.504. The zero-order chi connectivity index (χ0) is 5.82. The van der Waals surface area contributed by atoms with Gasteiger partial charge < -0.3 is 0 Å². The van der Waals surface area contributed by atoms with Gasteiger partial charge in [-0.3, -0.25) is 0 Å². The van der Waals surface area contributed by atoms with Gasteiger partial charge >= 0.3 is 0 Å². The summed E-state index contributed by atoms with van der Waals surface area (Å²) in [5.41, 5.74) is 0. The Hall–Kier alpha value is 0.923. The Morgan fingerprint density at radius 2 is 2.10 bits per heavy atom. The third-order valence-electron chi connectivity index (χ3n) is 0.900. The SMILES string of the molecule is CSc1[c-]cccc1.I.[Zn]. The van der Waals surface area contributed by atoms with Crippen LogP contribution in [0.1, 0.15) is 0 Å². The van der Waals surface area contributed by atoms with Crippen LogP contribution >= 0.6 is 35.7 Å². The molecule has 3 heteroatoms. The van der Waals surface area contributed by atoms with Crippen molar-refractivity contribution in [3.8, 4) is 0 Å². The van der Waals surface area contributed by atoms with Gasteiger partial charge in [-0.15, -0.1) is 28.9 Å². The Morgan fingerprint density at radius 1 is 1.40 bits per heavy atom. The van der Waals surface area contributed by atoms with Gasteiger partial charge in [0.2, 0.25) is 0 Å². The van der Waals surface area contributed by atoms with Crippen molar-refractivity contribution in [1.29, 1.82) is 0 Å². The fraction of sp³-hybridized carbons (Fsp3) is 0.143. The molecule has 0 spiro atoms. The summed E-state index contributed by atoms with van der Waals surface area (Å²) in [5.74, 6) is 0. The molecule has 10 heavy (non-hydrogen) atoms. The Balaban J connectivity index is 0. The second kappa shape index (κ2) is 8.02. The molecule has 0 radical (unpaired) electrons. The molecule has 52 valence electrons. The van der Waals surface area contributed by atoms with Crippen molar-refractivity contribution < 1.29 is 19.5 Å². The maximum absolute atomic E-state index is 3.08.